The number of nitrogens with one attached hydrogen (secondary N) is 2. The van der Waals surface area contributed by atoms with Gasteiger partial charge in [0.1, 0.15) is 5.82 Å². The molecular formula is C21H18N6O. The van der Waals surface area contributed by atoms with Gasteiger partial charge in [-0.25, -0.2) is 9.97 Å². The van der Waals surface area contributed by atoms with Gasteiger partial charge in [0.05, 0.1) is 17.4 Å². The molecule has 138 valence electrons. The van der Waals surface area contributed by atoms with Gasteiger partial charge in [0.15, 0.2) is 0 Å². The lowest BCUT2D eigenvalue weighted by molar-refractivity contribution is 0.102. The molecule has 5 rings (SSSR count). The molecule has 0 fully saturated rings. The molecular weight excluding hydrogens is 352 g/mol. The molecule has 1 amide bonds. The predicted molar refractivity (Wildman–Crippen MR) is 107 cm³/mol. The number of hydrogen-bond donors (Lipinski definition) is 2. The third-order valence-corrected chi connectivity index (χ3v) is 4.92. The molecule has 7 nitrogen and oxygen atoms in total. The fourth-order valence-corrected chi connectivity index (χ4v) is 3.42. The van der Waals surface area contributed by atoms with Gasteiger partial charge in [-0.15, -0.1) is 0 Å². The van der Waals surface area contributed by atoms with E-state index in [1.54, 1.807) is 23.1 Å². The Morgan fingerprint density at radius 1 is 1.11 bits per heavy atom. The summed E-state index contributed by atoms with van der Waals surface area (Å²) in [5, 5.41) is 11.3. The highest BCUT2D eigenvalue weighted by molar-refractivity contribution is 6.04. The number of fused-ring (bicyclic) bond motifs is 2. The van der Waals surface area contributed by atoms with Crippen molar-refractivity contribution in [2.75, 3.05) is 5.32 Å². The lowest BCUT2D eigenvalue weighted by atomic mass is 10.1. The van der Waals surface area contributed by atoms with Crippen LogP contribution < -0.4 is 10.6 Å². The number of pyridine rings is 2. The van der Waals surface area contributed by atoms with Crippen molar-refractivity contribution in [1.82, 2.24) is 25.1 Å². The number of anilines is 1. The number of amides is 1. The van der Waals surface area contributed by atoms with E-state index >= 15 is 0 Å². The normalized spacial score (nSPS) is 12.9. The van der Waals surface area contributed by atoms with Crippen LogP contribution in [-0.4, -0.2) is 25.7 Å². The Kier molecular flexibility index (Phi) is 3.87. The van der Waals surface area contributed by atoms with E-state index in [1.165, 1.54) is 11.1 Å². The molecule has 1 aliphatic heterocycles. The number of benzene rings is 1. The second-order valence-corrected chi connectivity index (χ2v) is 6.90. The minimum atomic E-state index is -0.176. The Labute approximate surface area is 161 Å². The van der Waals surface area contributed by atoms with Gasteiger partial charge in [0.25, 0.3) is 5.91 Å². The summed E-state index contributed by atoms with van der Waals surface area (Å²) in [6.07, 6.45) is 5.42. The molecule has 0 saturated carbocycles. The largest absolute Gasteiger partial charge is 0.309 e. The molecule has 1 aliphatic rings. The third-order valence-electron chi connectivity index (χ3n) is 4.92. The van der Waals surface area contributed by atoms with Crippen molar-refractivity contribution >= 4 is 22.6 Å². The maximum atomic E-state index is 12.6. The lowest BCUT2D eigenvalue weighted by Gasteiger charge is -2.07. The molecule has 28 heavy (non-hydrogen) atoms. The molecule has 0 aliphatic carbocycles. The highest BCUT2D eigenvalue weighted by atomic mass is 16.1. The first-order valence-electron chi connectivity index (χ1n) is 9.05. The molecule has 0 bridgehead atoms. The second-order valence-electron chi connectivity index (χ2n) is 6.90. The first-order chi connectivity index (χ1) is 13.7. The summed E-state index contributed by atoms with van der Waals surface area (Å²) >= 11 is 0. The van der Waals surface area contributed by atoms with Crippen molar-refractivity contribution in [2.24, 2.45) is 7.05 Å². The van der Waals surface area contributed by atoms with Crippen LogP contribution in [0.2, 0.25) is 0 Å². The molecule has 3 aromatic heterocycles. The Balaban J connectivity index is 1.43. The molecule has 7 heteroatoms. The SMILES string of the molecule is Cn1cc(-c2ccc3cnc(NC(=O)c4ccc5c(c4)CNC5)cc3n2)cn1. The van der Waals surface area contributed by atoms with Crippen LogP contribution in [0, 0.1) is 0 Å². The summed E-state index contributed by atoms with van der Waals surface area (Å²) in [5.41, 5.74) is 5.58. The number of rotatable bonds is 3. The molecule has 0 radical (unpaired) electrons. The van der Waals surface area contributed by atoms with Gasteiger partial charge >= 0.3 is 0 Å². The van der Waals surface area contributed by atoms with Crippen LogP contribution in [0.3, 0.4) is 0 Å². The van der Waals surface area contributed by atoms with E-state index in [0.717, 1.165) is 35.2 Å². The number of carbonyl (C=O) groups excluding carboxylic acids is 1. The summed E-state index contributed by atoms with van der Waals surface area (Å²) in [6, 6.07) is 11.5. The number of hydrogen-bond acceptors (Lipinski definition) is 5. The molecule has 2 N–H and O–H groups in total. The first kappa shape index (κ1) is 16.6. The highest BCUT2D eigenvalue weighted by Gasteiger charge is 2.14. The summed E-state index contributed by atoms with van der Waals surface area (Å²) in [4.78, 5) is 21.7. The van der Waals surface area contributed by atoms with Crippen molar-refractivity contribution in [3.8, 4) is 11.3 Å². The molecule has 1 aromatic carbocycles. The van der Waals surface area contributed by atoms with Crippen LogP contribution in [0.1, 0.15) is 21.5 Å². The maximum absolute atomic E-state index is 12.6. The summed E-state index contributed by atoms with van der Waals surface area (Å²) < 4.78 is 1.74. The van der Waals surface area contributed by atoms with E-state index in [9.17, 15) is 4.79 Å². The molecule has 4 aromatic rings. The quantitative estimate of drug-likeness (QED) is 0.579. The van der Waals surface area contributed by atoms with Gasteiger partial charge in [-0.2, -0.15) is 5.10 Å². The summed E-state index contributed by atoms with van der Waals surface area (Å²) in [5.74, 6) is 0.303. The lowest BCUT2D eigenvalue weighted by Crippen LogP contribution is -2.13. The van der Waals surface area contributed by atoms with E-state index in [1.807, 2.05) is 43.6 Å². The van der Waals surface area contributed by atoms with Crippen molar-refractivity contribution < 1.29 is 4.79 Å². The fourth-order valence-electron chi connectivity index (χ4n) is 3.42. The molecule has 0 atom stereocenters. The predicted octanol–water partition coefficient (Wildman–Crippen LogP) is 2.89. The van der Waals surface area contributed by atoms with Gasteiger partial charge in [-0.1, -0.05) is 6.07 Å². The Morgan fingerprint density at radius 3 is 2.86 bits per heavy atom. The zero-order valence-electron chi connectivity index (χ0n) is 15.3. The van der Waals surface area contributed by atoms with Crippen LogP contribution in [-0.2, 0) is 20.1 Å². The summed E-state index contributed by atoms with van der Waals surface area (Å²) in [6.45, 7) is 1.65. The van der Waals surface area contributed by atoms with E-state index in [0.29, 0.717) is 11.4 Å². The average molecular weight is 370 g/mol. The smallest absolute Gasteiger partial charge is 0.256 e. The number of nitrogens with zero attached hydrogens (tertiary/aromatic N) is 4. The zero-order chi connectivity index (χ0) is 19.1. The molecule has 0 spiro atoms. The Hall–Kier alpha value is -3.58. The standard InChI is InChI=1S/C21H18N6O/c1-27-12-17(11-24-27)18-5-4-15-10-23-20(7-19(15)25-18)26-21(28)13-2-3-14-8-22-9-16(14)6-13/h2-7,10-12,22H,8-9H2,1H3,(H,23,26,28). The fraction of sp³-hybridized carbons (Fsp3) is 0.143. The van der Waals surface area contributed by atoms with Crippen LogP contribution in [0.4, 0.5) is 5.82 Å². The highest BCUT2D eigenvalue weighted by Crippen LogP contribution is 2.22. The van der Waals surface area contributed by atoms with Crippen LogP contribution in [0.5, 0.6) is 0 Å². The second kappa shape index (κ2) is 6.54. The number of aryl methyl sites for hydroxylation is 1. The third kappa shape index (κ3) is 3.01. The summed E-state index contributed by atoms with van der Waals surface area (Å²) in [7, 11) is 1.87. The van der Waals surface area contributed by atoms with E-state index in [-0.39, 0.29) is 5.91 Å². The number of aromatic nitrogens is 4. The molecule has 4 heterocycles. The molecule has 0 unspecified atom stereocenters. The zero-order valence-corrected chi connectivity index (χ0v) is 15.3. The van der Waals surface area contributed by atoms with Gasteiger partial charge in [0, 0.05) is 55.1 Å². The minimum absolute atomic E-state index is 0.176. The average Bonchev–Trinajstić information content (AvgIpc) is 3.35. The molecule has 0 saturated heterocycles. The van der Waals surface area contributed by atoms with Crippen LogP contribution in [0.15, 0.2) is 55.0 Å². The van der Waals surface area contributed by atoms with Crippen molar-refractivity contribution in [2.45, 2.75) is 13.1 Å². The van der Waals surface area contributed by atoms with Crippen LogP contribution >= 0.6 is 0 Å². The topological polar surface area (TPSA) is 84.7 Å². The van der Waals surface area contributed by atoms with Gasteiger partial charge in [-0.3, -0.25) is 9.48 Å². The minimum Gasteiger partial charge on any atom is -0.309 e. The van der Waals surface area contributed by atoms with E-state index in [4.69, 9.17) is 4.98 Å². The van der Waals surface area contributed by atoms with Gasteiger partial charge < -0.3 is 10.6 Å². The number of carbonyl (C=O) groups is 1. The Morgan fingerprint density at radius 2 is 2.00 bits per heavy atom. The maximum Gasteiger partial charge on any atom is 0.256 e. The van der Waals surface area contributed by atoms with Crippen molar-refractivity contribution in [3.05, 3.63) is 71.7 Å². The van der Waals surface area contributed by atoms with Gasteiger partial charge in [0.2, 0.25) is 0 Å². The van der Waals surface area contributed by atoms with Gasteiger partial charge in [-0.05, 0) is 35.4 Å². The van der Waals surface area contributed by atoms with Crippen molar-refractivity contribution in [3.63, 3.8) is 0 Å². The first-order valence-corrected chi connectivity index (χ1v) is 9.05. The van der Waals surface area contributed by atoms with E-state index in [2.05, 4.69) is 20.7 Å². The Bertz CT molecular complexity index is 1210. The van der Waals surface area contributed by atoms with Crippen LogP contribution in [0.25, 0.3) is 22.2 Å². The van der Waals surface area contributed by atoms with Crippen molar-refractivity contribution in [1.29, 1.82) is 0 Å². The monoisotopic (exact) mass is 370 g/mol. The van der Waals surface area contributed by atoms with E-state index < -0.39 is 0 Å².